The first-order valence-electron chi connectivity index (χ1n) is 5.28. The number of nitrogens with two attached hydrogens (primary N) is 1. The predicted molar refractivity (Wildman–Crippen MR) is 68.2 cm³/mol. The Bertz CT molecular complexity index is 588. The van der Waals surface area contributed by atoms with E-state index in [9.17, 15) is 13.2 Å². The van der Waals surface area contributed by atoms with E-state index in [0.29, 0.717) is 6.42 Å². The number of carbonyl (C=O) groups is 1. The van der Waals surface area contributed by atoms with Crippen LogP contribution in [0.5, 0.6) is 0 Å². The van der Waals surface area contributed by atoms with Crippen LogP contribution in [0.1, 0.15) is 23.7 Å². The molecule has 1 amide bonds. The van der Waals surface area contributed by atoms with Crippen LogP contribution in [0.15, 0.2) is 29.2 Å². The number of amides is 1. The Morgan fingerprint density at radius 2 is 2.22 bits per heavy atom. The number of carbonyl (C=O) groups excluding carboxylic acids is 1. The molecule has 6 heteroatoms. The summed E-state index contributed by atoms with van der Waals surface area (Å²) in [4.78, 5) is 11.7. The molecular formula is C12H14N2O3S. The normalized spacial score (nSPS) is 12.5. The third-order valence-electron chi connectivity index (χ3n) is 2.34. The highest BCUT2D eigenvalue weighted by molar-refractivity contribution is 7.89. The van der Waals surface area contributed by atoms with Crippen molar-refractivity contribution in [2.75, 3.05) is 0 Å². The molecule has 0 heterocycles. The second-order valence-electron chi connectivity index (χ2n) is 3.67. The lowest BCUT2D eigenvalue weighted by molar-refractivity contribution is 0.0945. The molecule has 0 bridgehead atoms. The Morgan fingerprint density at radius 1 is 1.56 bits per heavy atom. The van der Waals surface area contributed by atoms with Gasteiger partial charge in [-0.25, -0.2) is 13.6 Å². The molecule has 3 N–H and O–H groups in total. The van der Waals surface area contributed by atoms with Crippen LogP contribution in [0.3, 0.4) is 0 Å². The van der Waals surface area contributed by atoms with Gasteiger partial charge in [0.25, 0.3) is 5.91 Å². The van der Waals surface area contributed by atoms with Gasteiger partial charge >= 0.3 is 0 Å². The van der Waals surface area contributed by atoms with E-state index in [1.807, 2.05) is 6.92 Å². The number of nitrogens with one attached hydrogen (secondary N) is 1. The van der Waals surface area contributed by atoms with Crippen LogP contribution in [0, 0.1) is 12.3 Å². The third kappa shape index (κ3) is 3.58. The van der Waals surface area contributed by atoms with Gasteiger partial charge in [-0.2, -0.15) is 0 Å². The zero-order valence-corrected chi connectivity index (χ0v) is 10.7. The molecule has 96 valence electrons. The van der Waals surface area contributed by atoms with Crippen molar-refractivity contribution in [3.63, 3.8) is 0 Å². The second-order valence-corrected chi connectivity index (χ2v) is 5.24. The Balaban J connectivity index is 2.98. The Labute approximate surface area is 106 Å². The Hall–Kier alpha value is -1.84. The first kappa shape index (κ1) is 14.2. The van der Waals surface area contributed by atoms with Crippen LogP contribution < -0.4 is 10.5 Å². The molecule has 0 aliphatic carbocycles. The van der Waals surface area contributed by atoms with Gasteiger partial charge in [0.05, 0.1) is 10.9 Å². The van der Waals surface area contributed by atoms with E-state index in [2.05, 4.69) is 11.2 Å². The molecule has 18 heavy (non-hydrogen) atoms. The number of rotatable bonds is 4. The van der Waals surface area contributed by atoms with Crippen LogP contribution >= 0.6 is 0 Å². The fourth-order valence-corrected chi connectivity index (χ4v) is 1.88. The number of benzene rings is 1. The summed E-state index contributed by atoms with van der Waals surface area (Å²) in [5, 5.41) is 7.59. The highest BCUT2D eigenvalue weighted by Crippen LogP contribution is 2.10. The van der Waals surface area contributed by atoms with Gasteiger partial charge in [-0.15, -0.1) is 6.42 Å². The van der Waals surface area contributed by atoms with Crippen molar-refractivity contribution < 1.29 is 13.2 Å². The molecule has 0 aromatic heterocycles. The predicted octanol–water partition coefficient (Wildman–Crippen LogP) is 0.476. The number of hydrogen-bond donors (Lipinski definition) is 2. The van der Waals surface area contributed by atoms with E-state index >= 15 is 0 Å². The van der Waals surface area contributed by atoms with Crippen LogP contribution in [-0.4, -0.2) is 20.4 Å². The minimum atomic E-state index is -3.82. The first-order valence-corrected chi connectivity index (χ1v) is 6.83. The van der Waals surface area contributed by atoms with Crippen LogP contribution in [0.25, 0.3) is 0 Å². The molecule has 5 nitrogen and oxygen atoms in total. The van der Waals surface area contributed by atoms with Crippen molar-refractivity contribution in [3.8, 4) is 12.3 Å². The third-order valence-corrected chi connectivity index (χ3v) is 3.25. The summed E-state index contributed by atoms with van der Waals surface area (Å²) >= 11 is 0. The molecule has 1 aromatic carbocycles. The van der Waals surface area contributed by atoms with Gasteiger partial charge in [0.1, 0.15) is 0 Å². The van der Waals surface area contributed by atoms with E-state index in [0.717, 1.165) is 0 Å². The van der Waals surface area contributed by atoms with E-state index in [1.165, 1.54) is 24.3 Å². The minimum absolute atomic E-state index is 0.107. The van der Waals surface area contributed by atoms with Crippen LogP contribution in [0.2, 0.25) is 0 Å². The number of terminal acetylenes is 1. The molecule has 1 aromatic rings. The molecule has 1 rings (SSSR count). The summed E-state index contributed by atoms with van der Waals surface area (Å²) < 4.78 is 22.3. The highest BCUT2D eigenvalue weighted by Gasteiger charge is 2.13. The largest absolute Gasteiger partial charge is 0.338 e. The van der Waals surface area contributed by atoms with Gasteiger partial charge in [-0.1, -0.05) is 18.9 Å². The zero-order valence-electron chi connectivity index (χ0n) is 9.88. The lowest BCUT2D eigenvalue weighted by Crippen LogP contribution is -2.33. The van der Waals surface area contributed by atoms with Crippen molar-refractivity contribution in [2.45, 2.75) is 24.3 Å². The van der Waals surface area contributed by atoms with Crippen molar-refractivity contribution in [3.05, 3.63) is 29.8 Å². The molecule has 1 unspecified atom stereocenters. The SMILES string of the molecule is C#CC(CC)NC(=O)c1cccc(S(N)(=O)=O)c1. The maximum Gasteiger partial charge on any atom is 0.252 e. The summed E-state index contributed by atoms with van der Waals surface area (Å²) in [5.74, 6) is 2.00. The Morgan fingerprint density at radius 3 is 2.72 bits per heavy atom. The molecule has 1 atom stereocenters. The molecule has 0 saturated heterocycles. The van der Waals surface area contributed by atoms with E-state index in [-0.39, 0.29) is 16.5 Å². The molecule has 0 aliphatic heterocycles. The summed E-state index contributed by atoms with van der Waals surface area (Å²) in [7, 11) is -3.82. The van der Waals surface area contributed by atoms with Crippen LogP contribution in [0.4, 0.5) is 0 Å². The maximum absolute atomic E-state index is 11.8. The van der Waals surface area contributed by atoms with Crippen molar-refractivity contribution in [1.82, 2.24) is 5.32 Å². The zero-order chi connectivity index (χ0) is 13.8. The minimum Gasteiger partial charge on any atom is -0.338 e. The fraction of sp³-hybridized carbons (Fsp3) is 0.250. The average Bonchev–Trinajstić information content (AvgIpc) is 2.34. The quantitative estimate of drug-likeness (QED) is 0.777. The summed E-state index contributed by atoms with van der Waals surface area (Å²) in [5.41, 5.74) is 0.204. The molecule has 0 radical (unpaired) electrons. The summed E-state index contributed by atoms with van der Waals surface area (Å²) in [6.45, 7) is 1.84. The van der Waals surface area contributed by atoms with Gasteiger partial charge in [-0.05, 0) is 24.6 Å². The highest BCUT2D eigenvalue weighted by atomic mass is 32.2. The van der Waals surface area contributed by atoms with Crippen LogP contribution in [-0.2, 0) is 10.0 Å². The lowest BCUT2D eigenvalue weighted by Gasteiger charge is -2.11. The molecular weight excluding hydrogens is 252 g/mol. The number of hydrogen-bond acceptors (Lipinski definition) is 3. The van der Waals surface area contributed by atoms with Gasteiger partial charge in [0.15, 0.2) is 0 Å². The fourth-order valence-electron chi connectivity index (χ4n) is 1.32. The monoisotopic (exact) mass is 266 g/mol. The lowest BCUT2D eigenvalue weighted by atomic mass is 10.2. The number of sulfonamides is 1. The average molecular weight is 266 g/mol. The van der Waals surface area contributed by atoms with E-state index in [1.54, 1.807) is 0 Å². The van der Waals surface area contributed by atoms with E-state index < -0.39 is 15.9 Å². The van der Waals surface area contributed by atoms with Crippen molar-refractivity contribution in [2.24, 2.45) is 5.14 Å². The molecule has 0 fully saturated rings. The molecule has 0 saturated carbocycles. The standard InChI is InChI=1S/C12H14N2O3S/c1-3-10(4-2)14-12(15)9-6-5-7-11(8-9)18(13,16)17/h1,5-8,10H,4H2,2H3,(H,14,15)(H2,13,16,17). The summed E-state index contributed by atoms with van der Waals surface area (Å²) in [6, 6.07) is 5.10. The second kappa shape index (κ2) is 5.67. The van der Waals surface area contributed by atoms with E-state index in [4.69, 9.17) is 11.6 Å². The first-order chi connectivity index (χ1) is 8.38. The van der Waals surface area contributed by atoms with Gasteiger partial charge in [0, 0.05) is 5.56 Å². The van der Waals surface area contributed by atoms with Gasteiger partial charge in [-0.3, -0.25) is 4.79 Å². The van der Waals surface area contributed by atoms with Crippen molar-refractivity contribution in [1.29, 1.82) is 0 Å². The molecule has 0 aliphatic rings. The topological polar surface area (TPSA) is 89.3 Å². The van der Waals surface area contributed by atoms with Gasteiger partial charge in [0.2, 0.25) is 10.0 Å². The number of primary sulfonamides is 1. The van der Waals surface area contributed by atoms with Gasteiger partial charge < -0.3 is 5.32 Å². The smallest absolute Gasteiger partial charge is 0.252 e. The maximum atomic E-state index is 11.8. The molecule has 0 spiro atoms. The van der Waals surface area contributed by atoms with Crippen molar-refractivity contribution >= 4 is 15.9 Å². The summed E-state index contributed by atoms with van der Waals surface area (Å²) in [6.07, 6.45) is 5.82. The Kier molecular flexibility index (Phi) is 4.48.